The van der Waals surface area contributed by atoms with E-state index in [9.17, 15) is 30.0 Å². The van der Waals surface area contributed by atoms with Crippen LogP contribution in [0.4, 0.5) is 0 Å². The van der Waals surface area contributed by atoms with Gasteiger partial charge in [0.25, 0.3) is 0 Å². The quantitative estimate of drug-likeness (QED) is 0.483. The van der Waals surface area contributed by atoms with E-state index in [1.165, 1.54) is 0 Å². The highest BCUT2D eigenvalue weighted by Gasteiger charge is 2.73. The SMILES string of the molecule is C[C@]12CCC(=O)[C@@](C)(CO)[C@H]1C[C@H](O)[C@]1(C)[C@@H]2CC[C@@H]2[C@H]3[C@H]([C@@](C)(O)CO)CC[C@H]3C(=O)C[C@]21C. The van der Waals surface area contributed by atoms with E-state index in [2.05, 4.69) is 20.8 Å². The Morgan fingerprint density at radius 1 is 1.00 bits per heavy atom. The van der Waals surface area contributed by atoms with Crippen molar-refractivity contribution in [3.05, 3.63) is 0 Å². The Labute approximate surface area is 209 Å². The van der Waals surface area contributed by atoms with Crippen LogP contribution < -0.4 is 0 Å². The largest absolute Gasteiger partial charge is 0.395 e. The molecule has 6 heteroatoms. The third-order valence-electron chi connectivity index (χ3n) is 13.2. The van der Waals surface area contributed by atoms with Gasteiger partial charge in [-0.05, 0) is 85.9 Å². The maximum atomic E-state index is 13.7. The van der Waals surface area contributed by atoms with Crippen LogP contribution in [0.5, 0.6) is 0 Å². The molecule has 0 bridgehead atoms. The molecule has 12 atom stereocenters. The summed E-state index contributed by atoms with van der Waals surface area (Å²) in [5, 5.41) is 43.4. The summed E-state index contributed by atoms with van der Waals surface area (Å²) < 4.78 is 0. The van der Waals surface area contributed by atoms with E-state index in [1.54, 1.807) is 6.92 Å². The van der Waals surface area contributed by atoms with Crippen molar-refractivity contribution in [2.45, 2.75) is 97.7 Å². The molecule has 0 radical (unpaired) electrons. The molecule has 5 rings (SSSR count). The fourth-order valence-electron chi connectivity index (χ4n) is 11.0. The minimum atomic E-state index is -1.22. The van der Waals surface area contributed by atoms with Crippen LogP contribution in [-0.4, -0.2) is 56.9 Å². The Kier molecular flexibility index (Phi) is 5.79. The molecule has 0 spiro atoms. The fourth-order valence-corrected chi connectivity index (χ4v) is 11.0. The predicted octanol–water partition coefficient (Wildman–Crippen LogP) is 3.13. The van der Waals surface area contributed by atoms with Crippen LogP contribution in [0.3, 0.4) is 0 Å². The number of hydrogen-bond acceptors (Lipinski definition) is 6. The van der Waals surface area contributed by atoms with E-state index in [4.69, 9.17) is 0 Å². The smallest absolute Gasteiger partial charge is 0.141 e. The lowest BCUT2D eigenvalue weighted by Gasteiger charge is -2.72. The minimum Gasteiger partial charge on any atom is -0.395 e. The molecule has 0 aliphatic heterocycles. The Bertz CT molecular complexity index is 915. The van der Waals surface area contributed by atoms with Gasteiger partial charge in [0, 0.05) is 24.2 Å². The molecule has 0 aromatic heterocycles. The monoisotopic (exact) mass is 490 g/mol. The van der Waals surface area contributed by atoms with Crippen molar-refractivity contribution in [2.75, 3.05) is 13.2 Å². The van der Waals surface area contributed by atoms with Crippen molar-refractivity contribution in [3.63, 3.8) is 0 Å². The van der Waals surface area contributed by atoms with Crippen LogP contribution >= 0.6 is 0 Å². The summed E-state index contributed by atoms with van der Waals surface area (Å²) >= 11 is 0. The van der Waals surface area contributed by atoms with Gasteiger partial charge in [-0.1, -0.05) is 27.7 Å². The molecule has 5 fully saturated rings. The Morgan fingerprint density at radius 3 is 2.31 bits per heavy atom. The zero-order chi connectivity index (χ0) is 25.8. The van der Waals surface area contributed by atoms with Gasteiger partial charge in [-0.25, -0.2) is 0 Å². The summed E-state index contributed by atoms with van der Waals surface area (Å²) in [6.07, 6.45) is 4.85. The summed E-state index contributed by atoms with van der Waals surface area (Å²) in [6.45, 7) is 9.78. The molecule has 198 valence electrons. The zero-order valence-electron chi connectivity index (χ0n) is 22.2. The number of Topliss-reactive ketones (excluding diaryl/α,β-unsaturated/α-hetero) is 2. The van der Waals surface area contributed by atoms with Crippen molar-refractivity contribution in [3.8, 4) is 0 Å². The van der Waals surface area contributed by atoms with Crippen LogP contribution in [0, 0.1) is 57.2 Å². The Balaban J connectivity index is 1.59. The highest BCUT2D eigenvalue weighted by Crippen LogP contribution is 2.75. The van der Waals surface area contributed by atoms with Gasteiger partial charge in [-0.15, -0.1) is 0 Å². The highest BCUT2D eigenvalue weighted by atomic mass is 16.3. The molecule has 6 nitrogen and oxygen atoms in total. The summed E-state index contributed by atoms with van der Waals surface area (Å²) in [5.41, 5.74) is -3.18. The first-order valence-corrected chi connectivity index (χ1v) is 13.9. The number of carbonyl (C=O) groups excluding carboxylic acids is 2. The first-order chi connectivity index (χ1) is 16.2. The molecule has 0 saturated heterocycles. The molecule has 0 aromatic carbocycles. The van der Waals surface area contributed by atoms with E-state index in [1.807, 2.05) is 6.92 Å². The molecule has 5 aliphatic rings. The summed E-state index contributed by atoms with van der Waals surface area (Å²) in [6, 6.07) is 0. The first-order valence-electron chi connectivity index (χ1n) is 13.9. The lowest BCUT2D eigenvalue weighted by molar-refractivity contribution is -0.267. The second kappa shape index (κ2) is 7.85. The van der Waals surface area contributed by atoms with Gasteiger partial charge in [-0.2, -0.15) is 0 Å². The van der Waals surface area contributed by atoms with Crippen molar-refractivity contribution >= 4 is 11.6 Å². The van der Waals surface area contributed by atoms with Crippen LogP contribution in [0.1, 0.15) is 86.0 Å². The number of rotatable bonds is 3. The number of aliphatic hydroxyl groups is 4. The highest BCUT2D eigenvalue weighted by molar-refractivity contribution is 5.86. The molecule has 35 heavy (non-hydrogen) atoms. The second-order valence-electron chi connectivity index (χ2n) is 14.3. The van der Waals surface area contributed by atoms with Crippen LogP contribution in [0.15, 0.2) is 0 Å². The van der Waals surface area contributed by atoms with Gasteiger partial charge >= 0.3 is 0 Å². The molecule has 0 unspecified atom stereocenters. The van der Waals surface area contributed by atoms with Crippen molar-refractivity contribution in [1.82, 2.24) is 0 Å². The number of hydrogen-bond donors (Lipinski definition) is 4. The third-order valence-corrected chi connectivity index (χ3v) is 13.2. The van der Waals surface area contributed by atoms with E-state index < -0.39 is 27.9 Å². The average Bonchev–Trinajstić information content (AvgIpc) is 3.26. The van der Waals surface area contributed by atoms with Gasteiger partial charge in [0.2, 0.25) is 0 Å². The summed E-state index contributed by atoms with van der Waals surface area (Å²) in [5.74, 6) is 0.447. The van der Waals surface area contributed by atoms with Crippen molar-refractivity contribution in [2.24, 2.45) is 57.2 Å². The molecule has 0 amide bonds. The van der Waals surface area contributed by atoms with E-state index in [0.29, 0.717) is 19.3 Å². The molecule has 0 aromatic rings. The van der Waals surface area contributed by atoms with E-state index in [-0.39, 0.29) is 65.7 Å². The normalized spacial score (nSPS) is 55.4. The first kappa shape index (κ1) is 25.8. The Hall–Kier alpha value is -0.820. The molecular weight excluding hydrogens is 444 g/mol. The maximum absolute atomic E-state index is 13.7. The van der Waals surface area contributed by atoms with Gasteiger partial charge in [-0.3, -0.25) is 9.59 Å². The number of fused-ring (bicyclic) bond motifs is 7. The standard InChI is InChI=1S/C29H46O6/c1-25-11-10-22(33)26(2,14-30)21(25)12-23(34)29(5)20(25)9-8-17-24-16(19(32)13-27(17,29)3)6-7-18(24)28(4,35)15-31/h16-18,20-21,23-24,30-31,34-35H,6-15H2,1-5H3/t16-,17+,18+,20+,21-,23-,24-,25+,26-,27+,28-,29-/m0/s1. The van der Waals surface area contributed by atoms with E-state index >= 15 is 0 Å². The van der Waals surface area contributed by atoms with Gasteiger partial charge in [0.1, 0.15) is 11.6 Å². The lowest BCUT2D eigenvalue weighted by Crippen LogP contribution is -2.71. The van der Waals surface area contributed by atoms with Crippen LogP contribution in [-0.2, 0) is 9.59 Å². The number of ketones is 2. The molecule has 0 heterocycles. The van der Waals surface area contributed by atoms with Gasteiger partial charge < -0.3 is 20.4 Å². The third kappa shape index (κ3) is 3.03. The summed E-state index contributed by atoms with van der Waals surface area (Å²) in [4.78, 5) is 26.6. The lowest BCUT2D eigenvalue weighted by atomic mass is 9.32. The molecular formula is C29H46O6. The molecule has 5 saturated carbocycles. The second-order valence-corrected chi connectivity index (χ2v) is 14.3. The topological polar surface area (TPSA) is 115 Å². The minimum absolute atomic E-state index is 0.0227. The van der Waals surface area contributed by atoms with Gasteiger partial charge in [0.05, 0.1) is 30.3 Å². The number of aliphatic hydroxyl groups excluding tert-OH is 3. The summed E-state index contributed by atoms with van der Waals surface area (Å²) in [7, 11) is 0. The van der Waals surface area contributed by atoms with Crippen molar-refractivity contribution in [1.29, 1.82) is 0 Å². The molecule has 5 aliphatic carbocycles. The Morgan fingerprint density at radius 2 is 1.69 bits per heavy atom. The van der Waals surface area contributed by atoms with Crippen LogP contribution in [0.2, 0.25) is 0 Å². The fraction of sp³-hybridized carbons (Fsp3) is 0.931. The van der Waals surface area contributed by atoms with Gasteiger partial charge in [0.15, 0.2) is 0 Å². The van der Waals surface area contributed by atoms with Crippen molar-refractivity contribution < 1.29 is 30.0 Å². The number of carbonyl (C=O) groups is 2. The zero-order valence-corrected chi connectivity index (χ0v) is 22.2. The molecule has 4 N–H and O–H groups in total. The predicted molar refractivity (Wildman–Crippen MR) is 131 cm³/mol. The van der Waals surface area contributed by atoms with E-state index in [0.717, 1.165) is 32.1 Å². The maximum Gasteiger partial charge on any atom is 0.141 e. The van der Waals surface area contributed by atoms with Crippen LogP contribution in [0.25, 0.3) is 0 Å². The average molecular weight is 491 g/mol.